The second-order valence-corrected chi connectivity index (χ2v) is 5.07. The third kappa shape index (κ3) is 4.56. The van der Waals surface area contributed by atoms with E-state index in [1.54, 1.807) is 0 Å². The maximum Gasteiger partial charge on any atom is 0.131 e. The van der Waals surface area contributed by atoms with Crippen molar-refractivity contribution in [1.82, 2.24) is 0 Å². The maximum absolute atomic E-state index is 6.06. The minimum absolute atomic E-state index is 0.485. The number of allylic oxidation sites excluding steroid dienone is 3. The molecule has 0 bridgehead atoms. The van der Waals surface area contributed by atoms with Gasteiger partial charge in [0.05, 0.1) is 0 Å². The SMILES string of the molecule is CC.CCc1ccc(C(C)C)c(OC2=CCCC=C2)c1. The molecule has 0 aliphatic heterocycles. The number of benzene rings is 1. The highest BCUT2D eigenvalue weighted by Crippen LogP contribution is 2.30. The van der Waals surface area contributed by atoms with Crippen LogP contribution in [0.1, 0.15) is 64.5 Å². The smallest absolute Gasteiger partial charge is 0.131 e. The third-order valence-electron chi connectivity index (χ3n) is 3.30. The van der Waals surface area contributed by atoms with Crippen LogP contribution in [0.2, 0.25) is 0 Å². The molecule has 1 heteroatoms. The first-order chi connectivity index (χ1) is 9.70. The van der Waals surface area contributed by atoms with E-state index in [9.17, 15) is 0 Å². The predicted octanol–water partition coefficient (Wildman–Crippen LogP) is 6.01. The molecule has 0 unspecified atom stereocenters. The van der Waals surface area contributed by atoms with Crippen LogP contribution in [-0.4, -0.2) is 0 Å². The van der Waals surface area contributed by atoms with Gasteiger partial charge in [0.2, 0.25) is 0 Å². The molecule has 0 saturated carbocycles. The van der Waals surface area contributed by atoms with Crippen LogP contribution in [0.15, 0.2) is 42.2 Å². The second kappa shape index (κ2) is 8.63. The predicted molar refractivity (Wildman–Crippen MR) is 88.3 cm³/mol. The van der Waals surface area contributed by atoms with Gasteiger partial charge in [0.25, 0.3) is 0 Å². The second-order valence-electron chi connectivity index (χ2n) is 5.07. The van der Waals surface area contributed by atoms with E-state index in [0.29, 0.717) is 5.92 Å². The van der Waals surface area contributed by atoms with E-state index < -0.39 is 0 Å². The molecule has 0 N–H and O–H groups in total. The largest absolute Gasteiger partial charge is 0.457 e. The van der Waals surface area contributed by atoms with Gasteiger partial charge in [-0.1, -0.05) is 52.8 Å². The van der Waals surface area contributed by atoms with Gasteiger partial charge in [-0.25, -0.2) is 0 Å². The Kier molecular flexibility index (Phi) is 7.14. The van der Waals surface area contributed by atoms with Crippen molar-refractivity contribution in [2.45, 2.75) is 59.8 Å². The molecule has 110 valence electrons. The molecule has 0 fully saturated rings. The van der Waals surface area contributed by atoms with Crippen molar-refractivity contribution in [3.8, 4) is 5.75 Å². The molecule has 0 spiro atoms. The normalized spacial score (nSPS) is 13.6. The summed E-state index contributed by atoms with van der Waals surface area (Å²) < 4.78 is 6.06. The molecule has 0 radical (unpaired) electrons. The zero-order valence-electron chi connectivity index (χ0n) is 13.6. The zero-order chi connectivity index (χ0) is 15.0. The molecule has 0 atom stereocenters. The number of rotatable bonds is 4. The lowest BCUT2D eigenvalue weighted by Crippen LogP contribution is -2.00. The topological polar surface area (TPSA) is 9.23 Å². The third-order valence-corrected chi connectivity index (χ3v) is 3.30. The summed E-state index contributed by atoms with van der Waals surface area (Å²) in [5.41, 5.74) is 2.61. The highest BCUT2D eigenvalue weighted by atomic mass is 16.5. The van der Waals surface area contributed by atoms with Crippen molar-refractivity contribution in [2.24, 2.45) is 0 Å². The summed E-state index contributed by atoms with van der Waals surface area (Å²) >= 11 is 0. The number of hydrogen-bond donors (Lipinski definition) is 0. The minimum atomic E-state index is 0.485. The fourth-order valence-corrected chi connectivity index (χ4v) is 2.16. The molecule has 2 rings (SSSR count). The zero-order valence-corrected chi connectivity index (χ0v) is 13.6. The van der Waals surface area contributed by atoms with E-state index in [4.69, 9.17) is 4.74 Å². The molecule has 1 aliphatic carbocycles. The Labute approximate surface area is 124 Å². The summed E-state index contributed by atoms with van der Waals surface area (Å²) in [5.74, 6) is 2.48. The lowest BCUT2D eigenvalue weighted by atomic mass is 9.99. The van der Waals surface area contributed by atoms with Crippen molar-refractivity contribution < 1.29 is 4.74 Å². The Morgan fingerprint density at radius 3 is 2.45 bits per heavy atom. The van der Waals surface area contributed by atoms with Gasteiger partial charge in [0.15, 0.2) is 0 Å². The number of hydrogen-bond acceptors (Lipinski definition) is 1. The highest BCUT2D eigenvalue weighted by Gasteiger charge is 2.10. The Morgan fingerprint density at radius 2 is 1.90 bits per heavy atom. The lowest BCUT2D eigenvalue weighted by Gasteiger charge is -2.16. The van der Waals surface area contributed by atoms with E-state index >= 15 is 0 Å². The fraction of sp³-hybridized carbons (Fsp3) is 0.474. The van der Waals surface area contributed by atoms with Crippen molar-refractivity contribution in [3.63, 3.8) is 0 Å². The van der Waals surface area contributed by atoms with E-state index in [1.807, 2.05) is 13.8 Å². The molecule has 0 heterocycles. The van der Waals surface area contributed by atoms with Gasteiger partial charge < -0.3 is 4.74 Å². The van der Waals surface area contributed by atoms with Crippen LogP contribution in [0.5, 0.6) is 5.75 Å². The van der Waals surface area contributed by atoms with E-state index in [1.165, 1.54) is 11.1 Å². The summed E-state index contributed by atoms with van der Waals surface area (Å²) in [4.78, 5) is 0. The Hall–Kier alpha value is -1.50. The van der Waals surface area contributed by atoms with Crippen LogP contribution in [0, 0.1) is 0 Å². The summed E-state index contributed by atoms with van der Waals surface area (Å²) in [5, 5.41) is 0. The molecule has 0 saturated heterocycles. The molecule has 0 amide bonds. The number of aryl methyl sites for hydroxylation is 1. The van der Waals surface area contributed by atoms with E-state index in [-0.39, 0.29) is 0 Å². The van der Waals surface area contributed by atoms with Crippen LogP contribution in [-0.2, 0) is 6.42 Å². The van der Waals surface area contributed by atoms with Crippen molar-refractivity contribution in [2.75, 3.05) is 0 Å². The lowest BCUT2D eigenvalue weighted by molar-refractivity contribution is 0.431. The van der Waals surface area contributed by atoms with Crippen LogP contribution in [0.4, 0.5) is 0 Å². The molecule has 1 aromatic rings. The van der Waals surface area contributed by atoms with Gasteiger partial charge in [-0.3, -0.25) is 0 Å². The van der Waals surface area contributed by atoms with Crippen molar-refractivity contribution in [3.05, 3.63) is 53.3 Å². The van der Waals surface area contributed by atoms with Crippen LogP contribution in [0.25, 0.3) is 0 Å². The average molecular weight is 272 g/mol. The maximum atomic E-state index is 6.06. The summed E-state index contributed by atoms with van der Waals surface area (Å²) in [6, 6.07) is 6.58. The Bertz CT molecular complexity index is 467. The van der Waals surface area contributed by atoms with Crippen molar-refractivity contribution >= 4 is 0 Å². The molecule has 0 aromatic heterocycles. The van der Waals surface area contributed by atoms with Gasteiger partial charge in [0, 0.05) is 0 Å². The summed E-state index contributed by atoms with van der Waals surface area (Å²) in [7, 11) is 0. The molecule has 1 aliphatic rings. The van der Waals surface area contributed by atoms with Crippen LogP contribution in [0.3, 0.4) is 0 Å². The van der Waals surface area contributed by atoms with E-state index in [2.05, 4.69) is 57.2 Å². The van der Waals surface area contributed by atoms with Gasteiger partial charge in [0.1, 0.15) is 11.5 Å². The van der Waals surface area contributed by atoms with Gasteiger partial charge in [-0.2, -0.15) is 0 Å². The quantitative estimate of drug-likeness (QED) is 0.652. The minimum Gasteiger partial charge on any atom is -0.457 e. The molecule has 20 heavy (non-hydrogen) atoms. The van der Waals surface area contributed by atoms with Crippen molar-refractivity contribution in [1.29, 1.82) is 0 Å². The van der Waals surface area contributed by atoms with E-state index in [0.717, 1.165) is 30.8 Å². The molecular formula is C19H28O. The fourth-order valence-electron chi connectivity index (χ4n) is 2.16. The number of ether oxygens (including phenoxy) is 1. The van der Waals surface area contributed by atoms with Gasteiger partial charge in [-0.05, 0) is 54.5 Å². The standard InChI is InChI=1S/C17H22O.C2H6/c1-4-14-10-11-16(13(2)3)17(12-14)18-15-8-6-5-7-9-15;1-2/h6,8-13H,4-5,7H2,1-3H3;1-2H3. The first kappa shape index (κ1) is 16.6. The molecular weight excluding hydrogens is 244 g/mol. The first-order valence-electron chi connectivity index (χ1n) is 7.88. The first-order valence-corrected chi connectivity index (χ1v) is 7.88. The summed E-state index contributed by atoms with van der Waals surface area (Å²) in [6.45, 7) is 10.6. The summed E-state index contributed by atoms with van der Waals surface area (Å²) in [6.07, 6.45) is 9.67. The average Bonchev–Trinajstić information content (AvgIpc) is 2.50. The molecule has 1 aromatic carbocycles. The molecule has 1 nitrogen and oxygen atoms in total. The van der Waals surface area contributed by atoms with Crippen LogP contribution < -0.4 is 4.74 Å². The van der Waals surface area contributed by atoms with Gasteiger partial charge in [-0.15, -0.1) is 0 Å². The highest BCUT2D eigenvalue weighted by molar-refractivity contribution is 5.41. The Morgan fingerprint density at radius 1 is 1.15 bits per heavy atom. The monoisotopic (exact) mass is 272 g/mol. The van der Waals surface area contributed by atoms with Gasteiger partial charge >= 0.3 is 0 Å². The Balaban J connectivity index is 0.000000956. The van der Waals surface area contributed by atoms with Crippen LogP contribution >= 0.6 is 0 Å².